The normalized spacial score (nSPS) is 24.1. The van der Waals surface area contributed by atoms with Crippen LogP contribution >= 0.6 is 0 Å². The molecule has 1 atom stereocenters. The second kappa shape index (κ2) is 5.17. The Labute approximate surface area is 111 Å². The summed E-state index contributed by atoms with van der Waals surface area (Å²) in [5, 5.41) is 10.1. The summed E-state index contributed by atoms with van der Waals surface area (Å²) < 4.78 is 24.8. The van der Waals surface area contributed by atoms with E-state index in [1.165, 1.54) is 6.07 Å². The van der Waals surface area contributed by atoms with E-state index in [1.54, 1.807) is 18.2 Å². The van der Waals surface area contributed by atoms with Crippen LogP contribution in [0.25, 0.3) is 0 Å². The van der Waals surface area contributed by atoms with Gasteiger partial charge >= 0.3 is 0 Å². The maximum atomic E-state index is 13.6. The number of aliphatic hydroxyl groups excluding tert-OH is 1. The van der Waals surface area contributed by atoms with Crippen LogP contribution < -0.4 is 0 Å². The Morgan fingerprint density at radius 2 is 2.05 bits per heavy atom. The van der Waals surface area contributed by atoms with Crippen molar-refractivity contribution in [3.63, 3.8) is 0 Å². The van der Waals surface area contributed by atoms with E-state index in [2.05, 4.69) is 4.90 Å². The average molecular weight is 267 g/mol. The molecule has 0 bridgehead atoms. The van der Waals surface area contributed by atoms with Crippen molar-refractivity contribution < 1.29 is 19.0 Å². The van der Waals surface area contributed by atoms with Crippen LogP contribution in [0.2, 0.25) is 0 Å². The molecule has 1 spiro atoms. The van der Waals surface area contributed by atoms with E-state index < -0.39 is 11.9 Å². The molecule has 0 amide bonds. The van der Waals surface area contributed by atoms with Crippen LogP contribution in [-0.4, -0.2) is 48.6 Å². The van der Waals surface area contributed by atoms with Crippen molar-refractivity contribution in [2.45, 2.75) is 18.3 Å². The van der Waals surface area contributed by atoms with Gasteiger partial charge in [0.05, 0.1) is 25.9 Å². The van der Waals surface area contributed by atoms with Crippen molar-refractivity contribution in [3.8, 4) is 0 Å². The predicted octanol–water partition coefficient (Wildman–Crippen LogP) is 1.31. The van der Waals surface area contributed by atoms with Gasteiger partial charge in [0, 0.05) is 25.1 Å². The number of hydrogen-bond acceptors (Lipinski definition) is 4. The highest BCUT2D eigenvalue weighted by Gasteiger charge is 2.43. The molecule has 2 aliphatic heterocycles. The van der Waals surface area contributed by atoms with Gasteiger partial charge in [-0.1, -0.05) is 18.2 Å². The number of hydrogen-bond donors (Lipinski definition) is 1. The third-order valence-corrected chi connectivity index (χ3v) is 3.78. The third kappa shape index (κ3) is 2.65. The zero-order valence-corrected chi connectivity index (χ0v) is 10.7. The summed E-state index contributed by atoms with van der Waals surface area (Å²) in [5.74, 6) is -0.855. The average Bonchev–Trinajstić information content (AvgIpc) is 3.01. The lowest BCUT2D eigenvalue weighted by Gasteiger charge is -2.24. The van der Waals surface area contributed by atoms with E-state index >= 15 is 0 Å². The van der Waals surface area contributed by atoms with Crippen molar-refractivity contribution in [2.24, 2.45) is 0 Å². The molecule has 1 N–H and O–H groups in total. The van der Waals surface area contributed by atoms with Gasteiger partial charge in [0.25, 0.3) is 0 Å². The molecule has 0 radical (unpaired) electrons. The molecule has 1 unspecified atom stereocenters. The Balaban J connectivity index is 1.62. The summed E-state index contributed by atoms with van der Waals surface area (Å²) in [7, 11) is 0. The minimum Gasteiger partial charge on any atom is -0.387 e. The first kappa shape index (κ1) is 13.0. The Morgan fingerprint density at radius 1 is 1.32 bits per heavy atom. The minimum absolute atomic E-state index is 0.344. The highest BCUT2D eigenvalue weighted by Crippen LogP contribution is 2.31. The highest BCUT2D eigenvalue weighted by molar-refractivity contribution is 5.20. The summed E-state index contributed by atoms with van der Waals surface area (Å²) in [4.78, 5) is 2.06. The van der Waals surface area contributed by atoms with Gasteiger partial charge in [-0.2, -0.15) is 0 Å². The quantitative estimate of drug-likeness (QED) is 0.896. The van der Waals surface area contributed by atoms with Crippen LogP contribution in [0.3, 0.4) is 0 Å². The fourth-order valence-electron chi connectivity index (χ4n) is 2.80. The maximum Gasteiger partial charge on any atom is 0.182 e. The number of ether oxygens (including phenoxy) is 2. The van der Waals surface area contributed by atoms with Crippen LogP contribution in [0.5, 0.6) is 0 Å². The van der Waals surface area contributed by atoms with Crippen molar-refractivity contribution >= 4 is 0 Å². The highest BCUT2D eigenvalue weighted by atomic mass is 19.1. The lowest BCUT2D eigenvalue weighted by atomic mass is 10.1. The van der Waals surface area contributed by atoms with Gasteiger partial charge in [0.1, 0.15) is 5.82 Å². The van der Waals surface area contributed by atoms with Crippen molar-refractivity contribution in [1.29, 1.82) is 0 Å². The summed E-state index contributed by atoms with van der Waals surface area (Å²) in [5.41, 5.74) is 0.344. The van der Waals surface area contributed by atoms with Crippen LogP contribution in [0.4, 0.5) is 4.39 Å². The Morgan fingerprint density at radius 3 is 2.79 bits per heavy atom. The maximum absolute atomic E-state index is 13.6. The predicted molar refractivity (Wildman–Crippen MR) is 67.1 cm³/mol. The molecule has 104 valence electrons. The molecule has 2 fully saturated rings. The summed E-state index contributed by atoms with van der Waals surface area (Å²) in [6.07, 6.45) is -0.0190. The molecule has 0 aliphatic carbocycles. The third-order valence-electron chi connectivity index (χ3n) is 3.78. The van der Waals surface area contributed by atoms with E-state index in [1.807, 2.05) is 0 Å². The SMILES string of the molecule is OC(CN1CCC2(C1)OCCO2)c1ccccc1F. The van der Waals surface area contributed by atoms with Crippen LogP contribution in [-0.2, 0) is 9.47 Å². The smallest absolute Gasteiger partial charge is 0.182 e. The monoisotopic (exact) mass is 267 g/mol. The second-order valence-corrected chi connectivity index (χ2v) is 5.13. The molecular formula is C14H18FNO3. The van der Waals surface area contributed by atoms with Crippen molar-refractivity contribution in [1.82, 2.24) is 4.90 Å². The minimum atomic E-state index is -0.822. The summed E-state index contributed by atoms with van der Waals surface area (Å²) >= 11 is 0. The molecule has 3 rings (SSSR count). The number of benzene rings is 1. The molecule has 2 saturated heterocycles. The number of rotatable bonds is 3. The zero-order chi connectivity index (χ0) is 13.3. The summed E-state index contributed by atoms with van der Waals surface area (Å²) in [6, 6.07) is 6.34. The Hall–Kier alpha value is -1.01. The molecule has 0 saturated carbocycles. The first-order chi connectivity index (χ1) is 9.19. The number of β-amino-alcohol motifs (C(OH)–C–C–N with tert-alkyl or cyclic N) is 1. The van der Waals surface area contributed by atoms with Crippen LogP contribution in [0, 0.1) is 5.82 Å². The molecule has 19 heavy (non-hydrogen) atoms. The van der Waals surface area contributed by atoms with E-state index in [0.29, 0.717) is 31.9 Å². The van der Waals surface area contributed by atoms with Crippen molar-refractivity contribution in [2.75, 3.05) is 32.8 Å². The van der Waals surface area contributed by atoms with Gasteiger partial charge in [0.15, 0.2) is 5.79 Å². The number of nitrogens with zero attached hydrogens (tertiary/aromatic N) is 1. The topological polar surface area (TPSA) is 41.9 Å². The van der Waals surface area contributed by atoms with Gasteiger partial charge in [-0.15, -0.1) is 0 Å². The number of aliphatic hydroxyl groups is 1. The Kier molecular flexibility index (Phi) is 3.54. The van der Waals surface area contributed by atoms with E-state index in [0.717, 1.165) is 13.0 Å². The number of halogens is 1. The molecular weight excluding hydrogens is 249 g/mol. The largest absolute Gasteiger partial charge is 0.387 e. The molecule has 1 aromatic rings. The second-order valence-electron chi connectivity index (χ2n) is 5.13. The van der Waals surface area contributed by atoms with Gasteiger partial charge in [-0.3, -0.25) is 4.90 Å². The van der Waals surface area contributed by atoms with E-state index in [-0.39, 0.29) is 5.82 Å². The van der Waals surface area contributed by atoms with E-state index in [9.17, 15) is 9.50 Å². The van der Waals surface area contributed by atoms with Gasteiger partial charge in [-0.05, 0) is 6.07 Å². The first-order valence-electron chi connectivity index (χ1n) is 6.61. The number of likely N-dealkylation sites (tertiary alicyclic amines) is 1. The van der Waals surface area contributed by atoms with E-state index in [4.69, 9.17) is 9.47 Å². The molecule has 1 aromatic carbocycles. The molecule has 2 heterocycles. The van der Waals surface area contributed by atoms with Gasteiger partial charge < -0.3 is 14.6 Å². The van der Waals surface area contributed by atoms with Gasteiger partial charge in [0.2, 0.25) is 0 Å². The fourth-order valence-corrected chi connectivity index (χ4v) is 2.80. The first-order valence-corrected chi connectivity index (χ1v) is 6.61. The molecule has 2 aliphatic rings. The Bertz CT molecular complexity index is 448. The van der Waals surface area contributed by atoms with Gasteiger partial charge in [-0.25, -0.2) is 4.39 Å². The molecule has 4 nitrogen and oxygen atoms in total. The standard InChI is InChI=1S/C14H18FNO3/c15-12-4-2-1-3-11(12)13(17)9-16-6-5-14(10-16)18-7-8-19-14/h1-4,13,17H,5-10H2. The summed E-state index contributed by atoms with van der Waals surface area (Å²) in [6.45, 7) is 3.09. The lowest BCUT2D eigenvalue weighted by Crippen LogP contribution is -2.35. The van der Waals surface area contributed by atoms with Crippen molar-refractivity contribution in [3.05, 3.63) is 35.6 Å². The fraction of sp³-hybridized carbons (Fsp3) is 0.571. The van der Waals surface area contributed by atoms with Crippen LogP contribution in [0.15, 0.2) is 24.3 Å². The zero-order valence-electron chi connectivity index (χ0n) is 10.7. The molecule has 0 aromatic heterocycles. The lowest BCUT2D eigenvalue weighted by molar-refractivity contribution is -0.145. The molecule has 5 heteroatoms. The van der Waals surface area contributed by atoms with Crippen LogP contribution in [0.1, 0.15) is 18.1 Å².